The van der Waals surface area contributed by atoms with Gasteiger partial charge in [0.05, 0.1) is 19.8 Å². The van der Waals surface area contributed by atoms with Gasteiger partial charge in [0.25, 0.3) is 0 Å². The maximum Gasteiger partial charge on any atom is 0.302 e. The van der Waals surface area contributed by atoms with Gasteiger partial charge >= 0.3 is 5.97 Å². The third kappa shape index (κ3) is 5.36. The number of rotatable bonds is 9. The molecule has 0 aromatic heterocycles. The van der Waals surface area contributed by atoms with Gasteiger partial charge in [-0.2, -0.15) is 0 Å². The molecule has 0 spiro atoms. The van der Waals surface area contributed by atoms with Crippen molar-refractivity contribution in [3.8, 4) is 0 Å². The number of hydrogen-bond acceptors (Lipinski definition) is 7. The van der Waals surface area contributed by atoms with Crippen molar-refractivity contribution in [2.24, 2.45) is 0 Å². The highest BCUT2D eigenvalue weighted by molar-refractivity contribution is 5.66. The van der Waals surface area contributed by atoms with Crippen LogP contribution in [0.3, 0.4) is 0 Å². The summed E-state index contributed by atoms with van der Waals surface area (Å²) in [6.07, 6.45) is -1.70. The monoisotopic (exact) mass is 442 g/mol. The minimum Gasteiger partial charge on any atom is -0.463 e. The number of benzene rings is 2. The maximum atomic E-state index is 11.7. The number of hydrogen-bond donors (Lipinski definition) is 0. The first-order valence-corrected chi connectivity index (χ1v) is 10.8. The fraction of sp³-hybridized carbons (Fsp3) is 0.480. The van der Waals surface area contributed by atoms with Crippen LogP contribution in [0.4, 0.5) is 0 Å². The Kier molecular flexibility index (Phi) is 6.93. The molecule has 0 N–H and O–H groups in total. The Hall–Kier alpha value is -2.29. The van der Waals surface area contributed by atoms with Gasteiger partial charge in [-0.3, -0.25) is 4.79 Å². The molecule has 2 fully saturated rings. The molecule has 4 rings (SSSR count). The molecule has 0 amide bonds. The van der Waals surface area contributed by atoms with Gasteiger partial charge in [-0.15, -0.1) is 0 Å². The molecule has 0 radical (unpaired) electrons. The molecule has 2 aromatic carbocycles. The average Bonchev–Trinajstić information content (AvgIpc) is 3.21. The number of carbonyl (C=O) groups is 1. The summed E-state index contributed by atoms with van der Waals surface area (Å²) in [6, 6.07) is 19.7. The third-order valence-electron chi connectivity index (χ3n) is 5.51. The van der Waals surface area contributed by atoms with E-state index in [0.29, 0.717) is 13.2 Å². The summed E-state index contributed by atoms with van der Waals surface area (Å²) in [5.74, 6) is -1.21. The average molecular weight is 443 g/mol. The van der Waals surface area contributed by atoms with E-state index in [1.165, 1.54) is 6.92 Å². The predicted molar refractivity (Wildman–Crippen MR) is 115 cm³/mol. The van der Waals surface area contributed by atoms with Crippen LogP contribution in [0.2, 0.25) is 0 Å². The van der Waals surface area contributed by atoms with E-state index in [2.05, 4.69) is 0 Å². The summed E-state index contributed by atoms with van der Waals surface area (Å²) in [7, 11) is 0. The van der Waals surface area contributed by atoms with Crippen LogP contribution < -0.4 is 0 Å². The molecule has 0 bridgehead atoms. The Morgan fingerprint density at radius 1 is 0.875 bits per heavy atom. The zero-order valence-corrected chi connectivity index (χ0v) is 18.7. The summed E-state index contributed by atoms with van der Waals surface area (Å²) in [5.41, 5.74) is 0.977. The van der Waals surface area contributed by atoms with E-state index in [0.717, 1.165) is 11.1 Å². The molecule has 32 heavy (non-hydrogen) atoms. The standard InChI is InChI=1S/C25H30O7/c1-18(26)29-17-25(16-27-14-19-10-6-4-7-11-19)22(28-15-20-12-8-5-9-13-20)21-23(32-25)31-24(2,3)30-21/h4-13,21-23H,14-17H2,1-3H3/t21-,22+,23?,25+/m1/s1. The van der Waals surface area contributed by atoms with Crippen molar-refractivity contribution in [3.63, 3.8) is 0 Å². The van der Waals surface area contributed by atoms with Crippen LogP contribution in [0.5, 0.6) is 0 Å². The summed E-state index contributed by atoms with van der Waals surface area (Å²) >= 11 is 0. The lowest BCUT2D eigenvalue weighted by molar-refractivity contribution is -0.263. The lowest BCUT2D eigenvalue weighted by Crippen LogP contribution is -2.53. The number of fused-ring (bicyclic) bond motifs is 1. The van der Waals surface area contributed by atoms with Crippen molar-refractivity contribution in [2.75, 3.05) is 13.2 Å². The fourth-order valence-corrected chi connectivity index (χ4v) is 4.07. The molecule has 7 nitrogen and oxygen atoms in total. The first kappa shape index (κ1) is 22.9. The van der Waals surface area contributed by atoms with Crippen LogP contribution in [-0.4, -0.2) is 49.1 Å². The van der Waals surface area contributed by atoms with E-state index < -0.39 is 35.9 Å². The molecule has 1 unspecified atom stereocenters. The molecule has 172 valence electrons. The summed E-state index contributed by atoms with van der Waals surface area (Å²) in [6.45, 7) is 5.89. The molecular weight excluding hydrogens is 412 g/mol. The minimum absolute atomic E-state index is 0.0310. The second-order valence-corrected chi connectivity index (χ2v) is 8.63. The molecule has 0 saturated carbocycles. The van der Waals surface area contributed by atoms with Crippen molar-refractivity contribution >= 4 is 5.97 Å². The SMILES string of the molecule is CC(=O)OC[C@]1(COCc2ccccc2)OC2OC(C)(C)O[C@@H]2[C@@H]1OCc1ccccc1. The zero-order chi connectivity index (χ0) is 22.6. The van der Waals surface area contributed by atoms with Gasteiger partial charge < -0.3 is 28.4 Å². The topological polar surface area (TPSA) is 72.5 Å². The van der Waals surface area contributed by atoms with Crippen molar-refractivity contribution in [1.82, 2.24) is 0 Å². The molecule has 4 atom stereocenters. The van der Waals surface area contributed by atoms with E-state index in [1.807, 2.05) is 74.5 Å². The first-order valence-electron chi connectivity index (χ1n) is 10.8. The highest BCUT2D eigenvalue weighted by Gasteiger charge is 2.63. The van der Waals surface area contributed by atoms with Gasteiger partial charge in [-0.05, 0) is 25.0 Å². The second kappa shape index (κ2) is 9.68. The van der Waals surface area contributed by atoms with Gasteiger partial charge in [0.1, 0.15) is 18.8 Å². The largest absolute Gasteiger partial charge is 0.463 e. The van der Waals surface area contributed by atoms with Gasteiger partial charge in [-0.25, -0.2) is 0 Å². The third-order valence-corrected chi connectivity index (χ3v) is 5.51. The molecule has 2 aliphatic rings. The molecule has 2 aromatic rings. The number of carbonyl (C=O) groups excluding carboxylic acids is 1. The summed E-state index contributed by atoms with van der Waals surface area (Å²) in [5, 5.41) is 0. The Bertz CT molecular complexity index is 886. The van der Waals surface area contributed by atoms with Crippen LogP contribution in [0.1, 0.15) is 31.9 Å². The Balaban J connectivity index is 1.54. The van der Waals surface area contributed by atoms with Crippen LogP contribution in [-0.2, 0) is 46.4 Å². The Labute approximate surface area is 188 Å². The van der Waals surface area contributed by atoms with Crippen molar-refractivity contribution < 1.29 is 33.2 Å². The van der Waals surface area contributed by atoms with E-state index in [4.69, 9.17) is 28.4 Å². The van der Waals surface area contributed by atoms with Crippen LogP contribution in [0.15, 0.2) is 60.7 Å². The number of ether oxygens (including phenoxy) is 6. The Morgan fingerprint density at radius 2 is 1.50 bits per heavy atom. The quantitative estimate of drug-likeness (QED) is 0.550. The van der Waals surface area contributed by atoms with Crippen molar-refractivity contribution in [3.05, 3.63) is 71.8 Å². The fourth-order valence-electron chi connectivity index (χ4n) is 4.07. The maximum absolute atomic E-state index is 11.7. The van der Waals surface area contributed by atoms with Crippen LogP contribution in [0.25, 0.3) is 0 Å². The molecule has 2 aliphatic heterocycles. The van der Waals surface area contributed by atoms with E-state index in [1.54, 1.807) is 0 Å². The van der Waals surface area contributed by atoms with E-state index in [9.17, 15) is 4.79 Å². The second-order valence-electron chi connectivity index (χ2n) is 8.63. The van der Waals surface area contributed by atoms with Crippen molar-refractivity contribution in [1.29, 1.82) is 0 Å². The van der Waals surface area contributed by atoms with Crippen molar-refractivity contribution in [2.45, 2.75) is 63.9 Å². The molecule has 7 heteroatoms. The Morgan fingerprint density at radius 3 is 2.12 bits per heavy atom. The van der Waals surface area contributed by atoms with Gasteiger partial charge in [0.2, 0.25) is 0 Å². The number of esters is 1. The first-order chi connectivity index (χ1) is 15.4. The van der Waals surface area contributed by atoms with Gasteiger partial charge in [-0.1, -0.05) is 60.7 Å². The smallest absolute Gasteiger partial charge is 0.302 e. The van der Waals surface area contributed by atoms with Gasteiger partial charge in [0.15, 0.2) is 17.7 Å². The minimum atomic E-state index is -1.07. The van der Waals surface area contributed by atoms with Crippen LogP contribution >= 0.6 is 0 Å². The molecular formula is C25H30O7. The molecule has 2 saturated heterocycles. The highest BCUT2D eigenvalue weighted by Crippen LogP contribution is 2.44. The summed E-state index contributed by atoms with van der Waals surface area (Å²) in [4.78, 5) is 11.7. The lowest BCUT2D eigenvalue weighted by Gasteiger charge is -2.36. The lowest BCUT2D eigenvalue weighted by atomic mass is 9.96. The summed E-state index contributed by atoms with van der Waals surface area (Å²) < 4.78 is 36.2. The molecule has 2 heterocycles. The zero-order valence-electron chi connectivity index (χ0n) is 18.7. The van der Waals surface area contributed by atoms with Crippen LogP contribution in [0, 0.1) is 0 Å². The molecule has 0 aliphatic carbocycles. The van der Waals surface area contributed by atoms with Gasteiger partial charge in [0, 0.05) is 6.92 Å². The highest BCUT2D eigenvalue weighted by atomic mass is 16.8. The van der Waals surface area contributed by atoms with E-state index >= 15 is 0 Å². The van der Waals surface area contributed by atoms with E-state index in [-0.39, 0.29) is 13.2 Å². The normalized spacial score (nSPS) is 28.4. The predicted octanol–water partition coefficient (Wildman–Crippen LogP) is 3.60.